The predicted octanol–water partition coefficient (Wildman–Crippen LogP) is 4.07. The summed E-state index contributed by atoms with van der Waals surface area (Å²) in [5, 5.41) is 5.29. The quantitative estimate of drug-likeness (QED) is 0.532. The molecule has 6 nitrogen and oxygen atoms in total. The first-order valence-electron chi connectivity index (χ1n) is 10.5. The van der Waals surface area contributed by atoms with E-state index in [0.717, 1.165) is 64.9 Å². The molecule has 0 saturated carbocycles. The Morgan fingerprint density at radius 2 is 1.74 bits per heavy atom. The molecule has 0 atom stereocenters. The second-order valence-electron chi connectivity index (χ2n) is 7.49. The summed E-state index contributed by atoms with van der Waals surface area (Å²) in [6.45, 7) is 4.63. The highest BCUT2D eigenvalue weighted by Crippen LogP contribution is 2.35. The van der Waals surface area contributed by atoms with Gasteiger partial charge in [-0.05, 0) is 48.9 Å². The van der Waals surface area contributed by atoms with Gasteiger partial charge < -0.3 is 24.4 Å². The number of methoxy groups -OCH3 is 2. The van der Waals surface area contributed by atoms with Crippen molar-refractivity contribution >= 4 is 28.3 Å². The molecule has 1 aromatic heterocycles. The molecule has 2 heterocycles. The third-order valence-corrected chi connectivity index (χ3v) is 5.79. The van der Waals surface area contributed by atoms with Gasteiger partial charge in [-0.1, -0.05) is 23.7 Å². The lowest BCUT2D eigenvalue weighted by molar-refractivity contribution is 0.122. The number of nitrogens with one attached hydrogen (secondary N) is 1. The second kappa shape index (κ2) is 10.2. The number of ether oxygens (including phenoxy) is 3. The van der Waals surface area contributed by atoms with Gasteiger partial charge in [-0.3, -0.25) is 0 Å². The first-order chi connectivity index (χ1) is 15.2. The van der Waals surface area contributed by atoms with E-state index in [1.54, 1.807) is 14.2 Å². The number of hydrogen-bond acceptors (Lipinski definition) is 6. The Kier molecular flexibility index (Phi) is 7.12. The van der Waals surface area contributed by atoms with E-state index in [9.17, 15) is 0 Å². The number of aromatic nitrogens is 1. The van der Waals surface area contributed by atoms with E-state index in [-0.39, 0.29) is 0 Å². The number of pyridine rings is 1. The van der Waals surface area contributed by atoms with Crippen LogP contribution in [0.1, 0.15) is 11.1 Å². The van der Waals surface area contributed by atoms with E-state index in [0.29, 0.717) is 19.8 Å². The van der Waals surface area contributed by atoms with E-state index >= 15 is 0 Å². The van der Waals surface area contributed by atoms with Crippen LogP contribution in [0.3, 0.4) is 0 Å². The first-order valence-corrected chi connectivity index (χ1v) is 10.9. The van der Waals surface area contributed by atoms with Crippen molar-refractivity contribution in [3.63, 3.8) is 0 Å². The molecule has 0 unspecified atom stereocenters. The van der Waals surface area contributed by atoms with Crippen molar-refractivity contribution in [1.82, 2.24) is 10.3 Å². The number of hydrogen-bond donors (Lipinski definition) is 1. The predicted molar refractivity (Wildman–Crippen MR) is 125 cm³/mol. The Balaban J connectivity index is 1.60. The zero-order valence-electron chi connectivity index (χ0n) is 18.0. The fourth-order valence-corrected chi connectivity index (χ4v) is 4.00. The molecule has 0 amide bonds. The number of nitrogens with zero attached hydrogens (tertiary/aromatic N) is 2. The maximum atomic E-state index is 5.98. The molecule has 1 fully saturated rings. The van der Waals surface area contributed by atoms with E-state index in [4.69, 9.17) is 30.8 Å². The third kappa shape index (κ3) is 5.03. The molecule has 0 bridgehead atoms. The van der Waals surface area contributed by atoms with Gasteiger partial charge in [0, 0.05) is 35.6 Å². The van der Waals surface area contributed by atoms with Crippen LogP contribution in [-0.2, 0) is 17.7 Å². The molecule has 3 aromatic rings. The molecular weight excluding hydrogens is 414 g/mol. The summed E-state index contributed by atoms with van der Waals surface area (Å²) < 4.78 is 16.7. The van der Waals surface area contributed by atoms with Crippen molar-refractivity contribution in [3.8, 4) is 11.5 Å². The Labute approximate surface area is 188 Å². The monoisotopic (exact) mass is 441 g/mol. The number of fused-ring (bicyclic) bond motifs is 1. The number of halogens is 1. The number of benzene rings is 2. The standard InChI is InChI=1S/C24H28ClN3O3/c1-29-21-7-8-22(30-2)23-20(21)15-18(24(27-23)28-11-13-31-14-12-28)16-26-10-9-17-3-5-19(25)6-4-17/h3-8,15,26H,9-14,16H2,1-2H3. The molecule has 0 radical (unpaired) electrons. The SMILES string of the molecule is COc1ccc(OC)c2nc(N3CCOCC3)c(CNCCc3ccc(Cl)cc3)cc12. The molecule has 2 aromatic carbocycles. The number of anilines is 1. The van der Waals surface area contributed by atoms with Crippen molar-refractivity contribution in [3.05, 3.63) is 58.6 Å². The molecular formula is C24H28ClN3O3. The molecule has 1 N–H and O–H groups in total. The summed E-state index contributed by atoms with van der Waals surface area (Å²) in [5.41, 5.74) is 3.21. The Hall–Kier alpha value is -2.54. The summed E-state index contributed by atoms with van der Waals surface area (Å²) in [6, 6.07) is 14.0. The van der Waals surface area contributed by atoms with Crippen LogP contribution in [0.2, 0.25) is 5.02 Å². The smallest absolute Gasteiger partial charge is 0.145 e. The fraction of sp³-hybridized carbons (Fsp3) is 0.375. The summed E-state index contributed by atoms with van der Waals surface area (Å²) in [7, 11) is 3.35. The summed E-state index contributed by atoms with van der Waals surface area (Å²) >= 11 is 5.98. The van der Waals surface area contributed by atoms with E-state index < -0.39 is 0 Å². The zero-order valence-corrected chi connectivity index (χ0v) is 18.7. The van der Waals surface area contributed by atoms with E-state index in [2.05, 4.69) is 28.4 Å². The van der Waals surface area contributed by atoms with Gasteiger partial charge in [0.05, 0.1) is 27.4 Å². The lowest BCUT2D eigenvalue weighted by Gasteiger charge is -2.30. The largest absolute Gasteiger partial charge is 0.496 e. The second-order valence-corrected chi connectivity index (χ2v) is 7.93. The molecule has 1 aliphatic rings. The average Bonchev–Trinajstić information content (AvgIpc) is 2.82. The molecule has 0 aliphatic carbocycles. The third-order valence-electron chi connectivity index (χ3n) is 5.53. The van der Waals surface area contributed by atoms with Crippen molar-refractivity contribution < 1.29 is 14.2 Å². The molecule has 1 saturated heterocycles. The van der Waals surface area contributed by atoms with Crippen molar-refractivity contribution in [1.29, 1.82) is 0 Å². The lowest BCUT2D eigenvalue weighted by atomic mass is 10.1. The van der Waals surface area contributed by atoms with Crippen molar-refractivity contribution in [2.45, 2.75) is 13.0 Å². The van der Waals surface area contributed by atoms with Gasteiger partial charge in [-0.2, -0.15) is 0 Å². The van der Waals surface area contributed by atoms with Gasteiger partial charge in [-0.15, -0.1) is 0 Å². The molecule has 0 spiro atoms. The van der Waals surface area contributed by atoms with Crippen molar-refractivity contribution in [2.24, 2.45) is 0 Å². The van der Waals surface area contributed by atoms with Gasteiger partial charge in [0.2, 0.25) is 0 Å². The van der Waals surface area contributed by atoms with Gasteiger partial charge >= 0.3 is 0 Å². The minimum absolute atomic E-state index is 0.707. The summed E-state index contributed by atoms with van der Waals surface area (Å²) in [6.07, 6.45) is 0.933. The molecule has 1 aliphatic heterocycles. The van der Waals surface area contributed by atoms with E-state index in [1.807, 2.05) is 24.3 Å². The highest BCUT2D eigenvalue weighted by atomic mass is 35.5. The van der Waals surface area contributed by atoms with E-state index in [1.165, 1.54) is 5.56 Å². The number of rotatable bonds is 8. The molecule has 31 heavy (non-hydrogen) atoms. The van der Waals surface area contributed by atoms with Crippen LogP contribution >= 0.6 is 11.6 Å². The topological polar surface area (TPSA) is 55.9 Å². The first kappa shape index (κ1) is 21.7. The van der Waals surface area contributed by atoms with Gasteiger partial charge in [0.15, 0.2) is 0 Å². The average molecular weight is 442 g/mol. The van der Waals surface area contributed by atoms with Gasteiger partial charge in [0.1, 0.15) is 22.8 Å². The van der Waals surface area contributed by atoms with Crippen LogP contribution in [0.25, 0.3) is 10.9 Å². The van der Waals surface area contributed by atoms with Crippen molar-refractivity contribution in [2.75, 3.05) is 52.0 Å². The Bertz CT molecular complexity index is 1020. The lowest BCUT2D eigenvalue weighted by Crippen LogP contribution is -2.37. The highest BCUT2D eigenvalue weighted by molar-refractivity contribution is 6.30. The maximum Gasteiger partial charge on any atom is 0.145 e. The maximum absolute atomic E-state index is 5.98. The number of morpholine rings is 1. The zero-order chi connectivity index (χ0) is 21.6. The molecule has 7 heteroatoms. The summed E-state index contributed by atoms with van der Waals surface area (Å²) in [5.74, 6) is 2.51. The van der Waals surface area contributed by atoms with Crippen LogP contribution < -0.4 is 19.7 Å². The normalized spacial score (nSPS) is 14.1. The minimum atomic E-state index is 0.707. The van der Waals surface area contributed by atoms with Gasteiger partial charge in [0.25, 0.3) is 0 Å². The Morgan fingerprint density at radius 1 is 1.03 bits per heavy atom. The highest BCUT2D eigenvalue weighted by Gasteiger charge is 2.20. The molecule has 164 valence electrons. The van der Waals surface area contributed by atoms with Crippen LogP contribution in [0.15, 0.2) is 42.5 Å². The fourth-order valence-electron chi connectivity index (χ4n) is 3.87. The van der Waals surface area contributed by atoms with Crippen LogP contribution in [0, 0.1) is 0 Å². The minimum Gasteiger partial charge on any atom is -0.496 e. The van der Waals surface area contributed by atoms with Gasteiger partial charge in [-0.25, -0.2) is 4.98 Å². The summed E-state index contributed by atoms with van der Waals surface area (Å²) in [4.78, 5) is 7.33. The van der Waals surface area contributed by atoms with Crippen LogP contribution in [-0.4, -0.2) is 52.1 Å². The van der Waals surface area contributed by atoms with Crippen LogP contribution in [0.5, 0.6) is 11.5 Å². The van der Waals surface area contributed by atoms with Crippen LogP contribution in [0.4, 0.5) is 5.82 Å². The Morgan fingerprint density at radius 3 is 2.45 bits per heavy atom. The molecule has 4 rings (SSSR count).